The Balaban J connectivity index is 1.39. The Hall–Kier alpha value is -3.02. The van der Waals surface area contributed by atoms with Crippen molar-refractivity contribution >= 4 is 29.0 Å². The zero-order valence-electron chi connectivity index (χ0n) is 19.0. The predicted octanol–water partition coefficient (Wildman–Crippen LogP) is 5.26. The second-order valence-electron chi connectivity index (χ2n) is 8.99. The van der Waals surface area contributed by atoms with Crippen molar-refractivity contribution in [3.63, 3.8) is 0 Å². The Bertz CT molecular complexity index is 937. The van der Waals surface area contributed by atoms with Gasteiger partial charge in [0.1, 0.15) is 0 Å². The maximum atomic E-state index is 13.2. The molecular weight excluding hydrogens is 400 g/mol. The molecule has 2 aromatic rings. The molecule has 32 heavy (non-hydrogen) atoms. The number of nitrogens with one attached hydrogen (secondary N) is 2. The maximum absolute atomic E-state index is 13.2. The molecule has 2 heterocycles. The van der Waals surface area contributed by atoms with Gasteiger partial charge in [0.25, 0.3) is 0 Å². The van der Waals surface area contributed by atoms with E-state index in [1.807, 2.05) is 49.4 Å². The minimum absolute atomic E-state index is 0.000303. The van der Waals surface area contributed by atoms with Crippen LogP contribution in [-0.2, 0) is 4.79 Å². The summed E-state index contributed by atoms with van der Waals surface area (Å²) in [7, 11) is 0. The Morgan fingerprint density at radius 2 is 1.66 bits per heavy atom. The normalized spacial score (nSPS) is 19.2. The molecule has 0 spiro atoms. The SMILES string of the molecule is Cc1cccc(NC(=O)N2CCCC(C(=O)Nc3ccccc3N3CCCCCC3)C2)c1. The Morgan fingerprint density at radius 1 is 0.875 bits per heavy atom. The fourth-order valence-corrected chi connectivity index (χ4v) is 4.70. The summed E-state index contributed by atoms with van der Waals surface area (Å²) in [6, 6.07) is 15.7. The smallest absolute Gasteiger partial charge is 0.321 e. The molecule has 1 unspecified atom stereocenters. The van der Waals surface area contributed by atoms with Crippen molar-refractivity contribution in [2.75, 3.05) is 41.7 Å². The number of carbonyl (C=O) groups excluding carboxylic acids is 2. The average Bonchev–Trinajstić information content (AvgIpc) is 3.09. The molecule has 4 rings (SSSR count). The van der Waals surface area contributed by atoms with Gasteiger partial charge in [-0.2, -0.15) is 0 Å². The highest BCUT2D eigenvalue weighted by molar-refractivity contribution is 5.97. The lowest BCUT2D eigenvalue weighted by Crippen LogP contribution is -2.45. The zero-order chi connectivity index (χ0) is 22.3. The number of hydrogen-bond acceptors (Lipinski definition) is 3. The van der Waals surface area contributed by atoms with Crippen LogP contribution in [0.4, 0.5) is 21.9 Å². The van der Waals surface area contributed by atoms with Crippen molar-refractivity contribution < 1.29 is 9.59 Å². The third-order valence-corrected chi connectivity index (χ3v) is 6.46. The summed E-state index contributed by atoms with van der Waals surface area (Å²) in [5, 5.41) is 6.14. The van der Waals surface area contributed by atoms with E-state index >= 15 is 0 Å². The fourth-order valence-electron chi connectivity index (χ4n) is 4.70. The average molecular weight is 435 g/mol. The third-order valence-electron chi connectivity index (χ3n) is 6.46. The number of rotatable bonds is 4. The van der Waals surface area contributed by atoms with Gasteiger partial charge in [-0.05, 0) is 62.4 Å². The molecule has 2 aliphatic rings. The van der Waals surface area contributed by atoms with Gasteiger partial charge < -0.3 is 20.4 Å². The zero-order valence-corrected chi connectivity index (χ0v) is 19.0. The van der Waals surface area contributed by atoms with Gasteiger partial charge in [0.2, 0.25) is 5.91 Å². The van der Waals surface area contributed by atoms with Gasteiger partial charge in [-0.15, -0.1) is 0 Å². The summed E-state index contributed by atoms with van der Waals surface area (Å²) in [4.78, 5) is 30.1. The van der Waals surface area contributed by atoms with Gasteiger partial charge in [-0.25, -0.2) is 4.79 Å². The van der Waals surface area contributed by atoms with Gasteiger partial charge in [0.15, 0.2) is 0 Å². The molecule has 1 atom stereocenters. The van der Waals surface area contributed by atoms with Gasteiger partial charge in [-0.1, -0.05) is 37.1 Å². The maximum Gasteiger partial charge on any atom is 0.321 e. The Labute approximate surface area is 191 Å². The number of likely N-dealkylation sites (tertiary alicyclic amines) is 1. The number of benzene rings is 2. The van der Waals surface area contributed by atoms with Crippen LogP contribution in [0.5, 0.6) is 0 Å². The quantitative estimate of drug-likeness (QED) is 0.690. The lowest BCUT2D eigenvalue weighted by atomic mass is 9.97. The number of urea groups is 1. The predicted molar refractivity (Wildman–Crippen MR) is 130 cm³/mol. The van der Waals surface area contributed by atoms with E-state index < -0.39 is 0 Å². The number of para-hydroxylation sites is 2. The molecule has 6 nitrogen and oxygen atoms in total. The second-order valence-corrected chi connectivity index (χ2v) is 8.99. The lowest BCUT2D eigenvalue weighted by molar-refractivity contribution is -0.121. The van der Waals surface area contributed by atoms with E-state index in [2.05, 4.69) is 21.6 Å². The van der Waals surface area contributed by atoms with Crippen LogP contribution in [0.2, 0.25) is 0 Å². The number of aryl methyl sites for hydroxylation is 1. The lowest BCUT2D eigenvalue weighted by Gasteiger charge is -2.32. The summed E-state index contributed by atoms with van der Waals surface area (Å²) < 4.78 is 0. The summed E-state index contributed by atoms with van der Waals surface area (Å²) in [5.74, 6) is -0.204. The van der Waals surface area contributed by atoms with Gasteiger partial charge in [0.05, 0.1) is 17.3 Å². The first-order chi connectivity index (χ1) is 15.6. The Morgan fingerprint density at radius 3 is 2.44 bits per heavy atom. The monoisotopic (exact) mass is 434 g/mol. The highest BCUT2D eigenvalue weighted by Gasteiger charge is 2.29. The van der Waals surface area contributed by atoms with Crippen LogP contribution in [0, 0.1) is 12.8 Å². The molecule has 2 fully saturated rings. The standard InChI is InChI=1S/C26H34N4O2/c1-20-10-8-12-22(18-20)27-26(32)30-17-9-11-21(19-30)25(31)28-23-13-4-5-14-24(23)29-15-6-2-3-7-16-29/h4-5,8,10,12-14,18,21H,2-3,6-7,9,11,15-17,19H2,1H3,(H,27,32)(H,28,31). The first-order valence-corrected chi connectivity index (χ1v) is 11.9. The largest absolute Gasteiger partial charge is 0.370 e. The van der Waals surface area contributed by atoms with Crippen LogP contribution >= 0.6 is 0 Å². The van der Waals surface area contributed by atoms with Crippen LogP contribution in [0.1, 0.15) is 44.1 Å². The number of hydrogen-bond donors (Lipinski definition) is 2. The molecule has 0 radical (unpaired) electrons. The van der Waals surface area contributed by atoms with Crippen LogP contribution in [-0.4, -0.2) is 43.0 Å². The molecule has 6 heteroatoms. The summed E-state index contributed by atoms with van der Waals surface area (Å²) in [6.45, 7) is 5.17. The third kappa shape index (κ3) is 5.61. The minimum Gasteiger partial charge on any atom is -0.370 e. The first-order valence-electron chi connectivity index (χ1n) is 11.9. The molecule has 2 aromatic carbocycles. The fraction of sp³-hybridized carbons (Fsp3) is 0.462. The number of piperidine rings is 1. The van der Waals surface area contributed by atoms with Crippen LogP contribution in [0.15, 0.2) is 48.5 Å². The van der Waals surface area contributed by atoms with Crippen molar-refractivity contribution in [2.45, 2.75) is 45.4 Å². The number of amides is 3. The molecule has 0 bridgehead atoms. The minimum atomic E-state index is -0.204. The van der Waals surface area contributed by atoms with Crippen molar-refractivity contribution in [2.24, 2.45) is 5.92 Å². The molecule has 0 saturated carbocycles. The van der Waals surface area contributed by atoms with Crippen LogP contribution in [0.25, 0.3) is 0 Å². The van der Waals surface area contributed by atoms with E-state index in [4.69, 9.17) is 0 Å². The van der Waals surface area contributed by atoms with Crippen LogP contribution in [0.3, 0.4) is 0 Å². The summed E-state index contributed by atoms with van der Waals surface area (Å²) >= 11 is 0. The molecule has 2 saturated heterocycles. The van der Waals surface area contributed by atoms with E-state index in [0.717, 1.165) is 48.6 Å². The number of anilines is 3. The first kappa shape index (κ1) is 22.2. The molecule has 2 N–H and O–H groups in total. The van der Waals surface area contributed by atoms with Gasteiger partial charge in [-0.3, -0.25) is 4.79 Å². The van der Waals surface area contributed by atoms with Gasteiger partial charge in [0, 0.05) is 31.9 Å². The molecular formula is C26H34N4O2. The molecule has 170 valence electrons. The van der Waals surface area contributed by atoms with E-state index in [9.17, 15) is 9.59 Å². The van der Waals surface area contributed by atoms with Crippen LogP contribution < -0.4 is 15.5 Å². The summed E-state index contributed by atoms with van der Waals surface area (Å²) in [6.07, 6.45) is 6.55. The highest BCUT2D eigenvalue weighted by Crippen LogP contribution is 2.29. The van der Waals surface area contributed by atoms with E-state index in [-0.39, 0.29) is 17.9 Å². The molecule has 3 amide bonds. The summed E-state index contributed by atoms with van der Waals surface area (Å²) in [5.41, 5.74) is 3.86. The second kappa shape index (κ2) is 10.5. The number of carbonyl (C=O) groups is 2. The Kier molecular flexibility index (Phi) is 7.30. The topological polar surface area (TPSA) is 64.7 Å². The van der Waals surface area contributed by atoms with Crippen molar-refractivity contribution in [3.8, 4) is 0 Å². The molecule has 0 aliphatic carbocycles. The van der Waals surface area contributed by atoms with E-state index in [1.165, 1.54) is 25.7 Å². The molecule has 0 aromatic heterocycles. The van der Waals surface area contributed by atoms with Crippen molar-refractivity contribution in [3.05, 3.63) is 54.1 Å². The van der Waals surface area contributed by atoms with Crippen molar-refractivity contribution in [1.29, 1.82) is 0 Å². The van der Waals surface area contributed by atoms with E-state index in [1.54, 1.807) is 4.90 Å². The van der Waals surface area contributed by atoms with Crippen molar-refractivity contribution in [1.82, 2.24) is 4.90 Å². The van der Waals surface area contributed by atoms with E-state index in [0.29, 0.717) is 13.1 Å². The molecule has 2 aliphatic heterocycles. The van der Waals surface area contributed by atoms with Gasteiger partial charge >= 0.3 is 6.03 Å². The number of nitrogens with zero attached hydrogens (tertiary/aromatic N) is 2. The highest BCUT2D eigenvalue weighted by atomic mass is 16.2.